The number of benzene rings is 4. The van der Waals surface area contributed by atoms with Gasteiger partial charge in [-0.05, 0) is 87.0 Å². The van der Waals surface area contributed by atoms with Crippen molar-refractivity contribution in [2.45, 2.75) is 38.3 Å². The zero-order valence-corrected chi connectivity index (χ0v) is 25.8. The molecular formula is C33H34ClN3O5S. The normalized spacial score (nSPS) is 11.8. The SMILES string of the molecule is CCNC(=O)C(C)N(Cc1cccc(Cl)c1)C(=O)CN(c1ccc(Oc2ccccc2)cc1)S(=O)(=O)c1ccc(C)cc1. The fourth-order valence-electron chi connectivity index (χ4n) is 4.41. The standard InChI is InChI=1S/C33H34ClN3O5S/c1-4-35-33(39)25(3)36(22-26-9-8-10-27(34)21-26)32(38)23-37(43(40,41)31-19-13-24(2)14-20-31)28-15-17-30(18-16-28)42-29-11-6-5-7-12-29/h5-21,25H,4,22-23H2,1-3H3,(H,35,39). The summed E-state index contributed by atoms with van der Waals surface area (Å²) in [5, 5.41) is 3.23. The van der Waals surface area contributed by atoms with Crippen molar-refractivity contribution in [2.75, 3.05) is 17.4 Å². The van der Waals surface area contributed by atoms with E-state index in [2.05, 4.69) is 5.32 Å². The summed E-state index contributed by atoms with van der Waals surface area (Å²) in [6.45, 7) is 5.16. The summed E-state index contributed by atoms with van der Waals surface area (Å²) in [6.07, 6.45) is 0. The van der Waals surface area contributed by atoms with Gasteiger partial charge in [0.25, 0.3) is 10.0 Å². The first-order chi connectivity index (χ1) is 20.6. The first-order valence-corrected chi connectivity index (χ1v) is 15.6. The van der Waals surface area contributed by atoms with Crippen molar-refractivity contribution in [1.82, 2.24) is 10.2 Å². The van der Waals surface area contributed by atoms with E-state index in [1.165, 1.54) is 17.0 Å². The molecule has 0 aliphatic heterocycles. The van der Waals surface area contributed by atoms with Gasteiger partial charge in [0.15, 0.2) is 0 Å². The fourth-order valence-corrected chi connectivity index (χ4v) is 6.03. The molecule has 1 atom stereocenters. The maximum absolute atomic E-state index is 14.0. The first kappa shape index (κ1) is 31.6. The summed E-state index contributed by atoms with van der Waals surface area (Å²) in [6, 6.07) is 28.2. The maximum Gasteiger partial charge on any atom is 0.264 e. The van der Waals surface area contributed by atoms with E-state index in [1.807, 2.05) is 37.3 Å². The van der Waals surface area contributed by atoms with Gasteiger partial charge in [-0.2, -0.15) is 0 Å². The van der Waals surface area contributed by atoms with Crippen LogP contribution < -0.4 is 14.4 Å². The van der Waals surface area contributed by atoms with Crippen molar-refractivity contribution in [3.05, 3.63) is 119 Å². The topological polar surface area (TPSA) is 96.0 Å². The second-order valence-electron chi connectivity index (χ2n) is 9.96. The minimum atomic E-state index is -4.18. The molecule has 2 amide bonds. The summed E-state index contributed by atoms with van der Waals surface area (Å²) in [5.74, 6) is 0.222. The molecule has 8 nitrogen and oxygen atoms in total. The Morgan fingerprint density at radius 2 is 1.53 bits per heavy atom. The monoisotopic (exact) mass is 619 g/mol. The predicted molar refractivity (Wildman–Crippen MR) is 169 cm³/mol. The number of hydrogen-bond donors (Lipinski definition) is 1. The Morgan fingerprint density at radius 1 is 0.884 bits per heavy atom. The van der Waals surface area contributed by atoms with Crippen molar-refractivity contribution in [2.24, 2.45) is 0 Å². The lowest BCUT2D eigenvalue weighted by atomic mass is 10.1. The summed E-state index contributed by atoms with van der Waals surface area (Å²) < 4.78 is 35.0. The van der Waals surface area contributed by atoms with Crippen LogP contribution in [-0.2, 0) is 26.2 Å². The number of rotatable bonds is 12. The molecule has 43 heavy (non-hydrogen) atoms. The molecule has 10 heteroatoms. The molecule has 4 aromatic rings. The van der Waals surface area contributed by atoms with Gasteiger partial charge in [0.05, 0.1) is 10.6 Å². The number of nitrogens with zero attached hydrogens (tertiary/aromatic N) is 2. The lowest BCUT2D eigenvalue weighted by molar-refractivity contribution is -0.139. The van der Waals surface area contributed by atoms with Crippen LogP contribution in [0.1, 0.15) is 25.0 Å². The molecule has 1 unspecified atom stereocenters. The lowest BCUT2D eigenvalue weighted by Crippen LogP contribution is -2.51. The summed E-state index contributed by atoms with van der Waals surface area (Å²) in [7, 11) is -4.18. The van der Waals surface area contributed by atoms with Crippen molar-refractivity contribution >= 4 is 39.1 Å². The van der Waals surface area contributed by atoms with E-state index in [1.54, 1.807) is 74.5 Å². The first-order valence-electron chi connectivity index (χ1n) is 13.8. The van der Waals surface area contributed by atoms with E-state index in [4.69, 9.17) is 16.3 Å². The lowest BCUT2D eigenvalue weighted by Gasteiger charge is -2.32. The predicted octanol–water partition coefficient (Wildman–Crippen LogP) is 6.19. The summed E-state index contributed by atoms with van der Waals surface area (Å²) in [5.41, 5.74) is 1.86. The Morgan fingerprint density at radius 3 is 2.16 bits per heavy atom. The Bertz CT molecular complexity index is 1650. The van der Waals surface area contributed by atoms with Crippen LogP contribution >= 0.6 is 11.6 Å². The molecule has 1 N–H and O–H groups in total. The van der Waals surface area contributed by atoms with E-state index in [0.717, 1.165) is 9.87 Å². The molecule has 0 saturated carbocycles. The average Bonchev–Trinajstić information content (AvgIpc) is 2.99. The molecule has 0 spiro atoms. The zero-order chi connectivity index (χ0) is 31.0. The molecular weight excluding hydrogens is 586 g/mol. The Balaban J connectivity index is 1.70. The van der Waals surface area contributed by atoms with Crippen LogP contribution in [0.15, 0.2) is 108 Å². The molecule has 0 aromatic heterocycles. The highest BCUT2D eigenvalue weighted by molar-refractivity contribution is 7.92. The minimum absolute atomic E-state index is 0.0358. The molecule has 0 fully saturated rings. The van der Waals surface area contributed by atoms with Gasteiger partial charge >= 0.3 is 0 Å². The van der Waals surface area contributed by atoms with Crippen LogP contribution in [0.3, 0.4) is 0 Å². The van der Waals surface area contributed by atoms with Crippen LogP contribution in [-0.4, -0.2) is 44.3 Å². The quantitative estimate of drug-likeness (QED) is 0.204. The number of anilines is 1. The molecule has 0 aliphatic rings. The van der Waals surface area contributed by atoms with Crippen LogP contribution in [0.25, 0.3) is 0 Å². The summed E-state index contributed by atoms with van der Waals surface area (Å²) in [4.78, 5) is 28.2. The third-order valence-electron chi connectivity index (χ3n) is 6.75. The van der Waals surface area contributed by atoms with Crippen LogP contribution in [0.4, 0.5) is 5.69 Å². The smallest absolute Gasteiger partial charge is 0.264 e. The zero-order valence-electron chi connectivity index (χ0n) is 24.2. The van der Waals surface area contributed by atoms with Gasteiger partial charge in [-0.25, -0.2) is 8.42 Å². The van der Waals surface area contributed by atoms with E-state index in [9.17, 15) is 18.0 Å². The van der Waals surface area contributed by atoms with Gasteiger partial charge < -0.3 is 15.0 Å². The van der Waals surface area contributed by atoms with Crippen molar-refractivity contribution in [3.63, 3.8) is 0 Å². The number of carbonyl (C=O) groups is 2. The highest BCUT2D eigenvalue weighted by Gasteiger charge is 2.32. The van der Waals surface area contributed by atoms with Gasteiger partial charge in [-0.15, -0.1) is 0 Å². The Hall–Kier alpha value is -4.34. The number of ether oxygens (including phenoxy) is 1. The molecule has 4 rings (SSSR count). The van der Waals surface area contributed by atoms with Gasteiger partial charge in [0.2, 0.25) is 11.8 Å². The number of sulfonamides is 1. The number of aryl methyl sites for hydroxylation is 1. The van der Waals surface area contributed by atoms with Gasteiger partial charge in [-0.3, -0.25) is 13.9 Å². The highest BCUT2D eigenvalue weighted by atomic mass is 35.5. The number of nitrogens with one attached hydrogen (secondary N) is 1. The van der Waals surface area contributed by atoms with Crippen LogP contribution in [0.2, 0.25) is 5.02 Å². The van der Waals surface area contributed by atoms with Gasteiger partial charge in [0.1, 0.15) is 24.1 Å². The van der Waals surface area contributed by atoms with Crippen molar-refractivity contribution in [1.29, 1.82) is 0 Å². The highest BCUT2D eigenvalue weighted by Crippen LogP contribution is 2.29. The molecule has 224 valence electrons. The number of halogens is 1. The number of likely N-dealkylation sites (N-methyl/N-ethyl adjacent to an activating group) is 1. The molecule has 0 saturated heterocycles. The van der Waals surface area contributed by atoms with E-state index >= 15 is 0 Å². The number of hydrogen-bond acceptors (Lipinski definition) is 5. The molecule has 0 heterocycles. The average molecular weight is 620 g/mol. The van der Waals surface area contributed by atoms with Crippen LogP contribution in [0.5, 0.6) is 11.5 Å². The van der Waals surface area contributed by atoms with Crippen LogP contribution in [0, 0.1) is 6.92 Å². The van der Waals surface area contributed by atoms with E-state index in [-0.39, 0.29) is 23.0 Å². The third kappa shape index (κ3) is 8.15. The van der Waals surface area contributed by atoms with Gasteiger partial charge in [0, 0.05) is 18.1 Å². The maximum atomic E-state index is 14.0. The van der Waals surface area contributed by atoms with Gasteiger partial charge in [-0.1, -0.05) is 59.6 Å². The van der Waals surface area contributed by atoms with E-state index < -0.39 is 28.5 Å². The molecule has 0 bridgehead atoms. The van der Waals surface area contributed by atoms with Crippen molar-refractivity contribution < 1.29 is 22.7 Å². The van der Waals surface area contributed by atoms with E-state index in [0.29, 0.717) is 28.6 Å². The number of amides is 2. The Labute approximate surface area is 257 Å². The molecule has 0 aliphatic carbocycles. The Kier molecular flexibility index (Phi) is 10.4. The largest absolute Gasteiger partial charge is 0.457 e. The number of para-hydroxylation sites is 1. The fraction of sp³-hybridized carbons (Fsp3) is 0.212. The third-order valence-corrected chi connectivity index (χ3v) is 8.77. The minimum Gasteiger partial charge on any atom is -0.457 e. The summed E-state index contributed by atoms with van der Waals surface area (Å²) >= 11 is 6.19. The molecule has 0 radical (unpaired) electrons. The molecule has 4 aromatic carbocycles. The number of carbonyl (C=O) groups excluding carboxylic acids is 2. The van der Waals surface area contributed by atoms with Crippen molar-refractivity contribution in [3.8, 4) is 11.5 Å². The second kappa shape index (κ2) is 14.2. The second-order valence-corrected chi connectivity index (χ2v) is 12.3.